The van der Waals surface area contributed by atoms with Crippen molar-refractivity contribution in [3.8, 4) is 0 Å². The van der Waals surface area contributed by atoms with Crippen LogP contribution in [-0.4, -0.2) is 0 Å². The van der Waals surface area contributed by atoms with Crippen molar-refractivity contribution in [2.45, 2.75) is 127 Å². The van der Waals surface area contributed by atoms with Crippen LogP contribution in [0.2, 0.25) is 0 Å². The maximum atomic E-state index is 4.12. The van der Waals surface area contributed by atoms with E-state index in [1.807, 2.05) is 27.7 Å². The van der Waals surface area contributed by atoms with Gasteiger partial charge >= 0.3 is 31.1 Å². The molecule has 0 N–H and O–H groups in total. The molecule has 0 atom stereocenters. The second-order valence-corrected chi connectivity index (χ2v) is 7.50. The molecular weight excluding hydrogens is 550 g/mol. The van der Waals surface area contributed by atoms with Crippen molar-refractivity contribution in [2.75, 3.05) is 0 Å². The van der Waals surface area contributed by atoms with Gasteiger partial charge in [0, 0.05) is 0 Å². The molecule has 1 fully saturated rings. The van der Waals surface area contributed by atoms with Crippen LogP contribution < -0.4 is 0 Å². The summed E-state index contributed by atoms with van der Waals surface area (Å²) in [6.45, 7) is 30.5. The Morgan fingerprint density at radius 3 is 1.52 bits per heavy atom. The molecule has 1 saturated carbocycles. The molecule has 0 aliphatic heterocycles. The maximum absolute atomic E-state index is 4.12. The van der Waals surface area contributed by atoms with Gasteiger partial charge in [0.15, 0.2) is 0 Å². The van der Waals surface area contributed by atoms with Gasteiger partial charge in [-0.2, -0.15) is 12.8 Å². The third kappa shape index (κ3) is 38.1. The van der Waals surface area contributed by atoms with Crippen LogP contribution in [0.1, 0.15) is 127 Å². The zero-order valence-corrected chi connectivity index (χ0v) is 25.1. The molecule has 0 heterocycles. The van der Waals surface area contributed by atoms with Crippen molar-refractivity contribution in [1.82, 2.24) is 0 Å². The standard InChI is InChI=1S/C11H20.C7H16.2C3H7.C2H6.U/c1-4-10(3)11-7-5-9(2)6-8-11;1-4-5-6-7(2)3;2*1-3-2;1-2;/h9,11H,3-8H2,1-2H3;7H,4-6H2,1-3H3;2*1,3H2,2H3;1-2H3;/q;;2*-1;;+2. The Morgan fingerprint density at radius 2 is 1.30 bits per heavy atom. The molecule has 0 aromatic heterocycles. The smallest absolute Gasteiger partial charge is 0.344 e. The molecule has 1 aliphatic carbocycles. The van der Waals surface area contributed by atoms with E-state index in [1.54, 1.807) is 0 Å². The first-order valence-electron chi connectivity index (χ1n) is 11.6. The van der Waals surface area contributed by atoms with Crippen molar-refractivity contribution in [3.05, 3.63) is 26.0 Å². The van der Waals surface area contributed by atoms with Gasteiger partial charge in [-0.1, -0.05) is 107 Å². The fourth-order valence-corrected chi connectivity index (χ4v) is 2.57. The number of unbranched alkanes of at least 4 members (excludes halogenated alkanes) is 1. The maximum Gasteiger partial charge on any atom is 2.00 e. The van der Waals surface area contributed by atoms with E-state index in [0.717, 1.165) is 30.6 Å². The molecule has 1 rings (SSSR count). The Morgan fingerprint density at radius 1 is 0.926 bits per heavy atom. The molecule has 0 unspecified atom stereocenters. The number of allylic oxidation sites excluding steroid dienone is 1. The molecule has 0 bridgehead atoms. The molecule has 0 aromatic rings. The molecular formula is C26H56U. The molecule has 1 heteroatoms. The van der Waals surface area contributed by atoms with Gasteiger partial charge in [-0.25, -0.2) is 0 Å². The fourth-order valence-electron chi connectivity index (χ4n) is 2.57. The molecule has 0 nitrogen and oxygen atoms in total. The first-order chi connectivity index (χ1) is 12.3. The molecule has 0 amide bonds. The number of rotatable bonds is 5. The topological polar surface area (TPSA) is 0 Å². The van der Waals surface area contributed by atoms with Crippen molar-refractivity contribution in [3.63, 3.8) is 0 Å². The molecule has 0 aromatic carbocycles. The first-order valence-corrected chi connectivity index (χ1v) is 11.6. The summed E-state index contributed by atoms with van der Waals surface area (Å²) in [6, 6.07) is 0. The predicted molar refractivity (Wildman–Crippen MR) is 128 cm³/mol. The Bertz CT molecular complexity index is 222. The van der Waals surface area contributed by atoms with E-state index in [4.69, 9.17) is 0 Å². The SMILES string of the molecule is C=C(CC)C1CCC(C)CC1.CC.CCCCC(C)C.[CH2-]CC.[CH2-]CC.[U+2]. The van der Waals surface area contributed by atoms with Crippen LogP contribution in [0.5, 0.6) is 0 Å². The Hall–Kier alpha value is 0.792. The zero-order valence-electron chi connectivity index (χ0n) is 20.9. The van der Waals surface area contributed by atoms with Crippen LogP contribution >= 0.6 is 0 Å². The van der Waals surface area contributed by atoms with Crippen LogP contribution in [0.25, 0.3) is 0 Å². The van der Waals surface area contributed by atoms with E-state index in [9.17, 15) is 0 Å². The minimum absolute atomic E-state index is 0. The minimum Gasteiger partial charge on any atom is -0.344 e. The summed E-state index contributed by atoms with van der Waals surface area (Å²) in [4.78, 5) is 0. The molecule has 0 spiro atoms. The van der Waals surface area contributed by atoms with E-state index in [2.05, 4.69) is 55.0 Å². The summed E-state index contributed by atoms with van der Waals surface area (Å²) in [5, 5.41) is 0. The monoisotopic (exact) mass is 606 g/mol. The van der Waals surface area contributed by atoms with Gasteiger partial charge in [0.1, 0.15) is 0 Å². The normalized spacial score (nSPS) is 17.2. The van der Waals surface area contributed by atoms with E-state index in [-0.39, 0.29) is 31.1 Å². The summed E-state index contributed by atoms with van der Waals surface area (Å²) in [5.74, 6) is 2.73. The molecule has 0 saturated heterocycles. The van der Waals surface area contributed by atoms with Crippen LogP contribution in [0.3, 0.4) is 0 Å². The van der Waals surface area contributed by atoms with Gasteiger partial charge in [-0.15, -0.1) is 0 Å². The van der Waals surface area contributed by atoms with Gasteiger partial charge < -0.3 is 13.8 Å². The van der Waals surface area contributed by atoms with Crippen LogP contribution in [0.15, 0.2) is 12.2 Å². The molecule has 0 radical (unpaired) electrons. The van der Waals surface area contributed by atoms with Crippen molar-refractivity contribution >= 4 is 0 Å². The van der Waals surface area contributed by atoms with Gasteiger partial charge in [-0.3, -0.25) is 0 Å². The summed E-state index contributed by atoms with van der Waals surface area (Å²) in [6.07, 6.45) is 13.0. The fraction of sp³-hybridized carbons (Fsp3) is 0.846. The summed E-state index contributed by atoms with van der Waals surface area (Å²) >= 11 is 0. The van der Waals surface area contributed by atoms with E-state index in [1.165, 1.54) is 56.9 Å². The van der Waals surface area contributed by atoms with Crippen LogP contribution in [0.4, 0.5) is 0 Å². The van der Waals surface area contributed by atoms with Crippen LogP contribution in [-0.2, 0) is 0 Å². The first kappa shape index (κ1) is 38.4. The average molecular weight is 607 g/mol. The second-order valence-electron chi connectivity index (χ2n) is 7.50. The Labute approximate surface area is 200 Å². The zero-order chi connectivity index (χ0) is 21.4. The third-order valence-corrected chi connectivity index (χ3v) is 4.18. The van der Waals surface area contributed by atoms with E-state index >= 15 is 0 Å². The summed E-state index contributed by atoms with van der Waals surface area (Å²) in [5.41, 5.74) is 1.48. The Balaban J connectivity index is -0.0000000876. The van der Waals surface area contributed by atoms with Gasteiger partial charge in [0.05, 0.1) is 0 Å². The predicted octanol–water partition coefficient (Wildman–Crippen LogP) is 10.1. The van der Waals surface area contributed by atoms with Crippen LogP contribution in [0, 0.1) is 62.7 Å². The van der Waals surface area contributed by atoms with Crippen molar-refractivity contribution in [1.29, 1.82) is 0 Å². The summed E-state index contributed by atoms with van der Waals surface area (Å²) in [7, 11) is 0. The average Bonchev–Trinajstić information content (AvgIpc) is 2.63. The second kappa shape index (κ2) is 34.3. The quantitative estimate of drug-likeness (QED) is 0.216. The van der Waals surface area contributed by atoms with Gasteiger partial charge in [0.2, 0.25) is 0 Å². The summed E-state index contributed by atoms with van der Waals surface area (Å²) < 4.78 is 0. The molecule has 164 valence electrons. The van der Waals surface area contributed by atoms with Crippen molar-refractivity contribution in [2.24, 2.45) is 17.8 Å². The minimum atomic E-state index is 0. The third-order valence-electron chi connectivity index (χ3n) is 4.18. The van der Waals surface area contributed by atoms with Gasteiger partial charge in [-0.05, 0) is 37.0 Å². The number of hydrogen-bond donors (Lipinski definition) is 0. The Kier molecular flexibility index (Phi) is 48.8. The van der Waals surface area contributed by atoms with Crippen molar-refractivity contribution < 1.29 is 31.1 Å². The van der Waals surface area contributed by atoms with E-state index < -0.39 is 0 Å². The van der Waals surface area contributed by atoms with Gasteiger partial charge in [0.25, 0.3) is 0 Å². The number of hydrogen-bond acceptors (Lipinski definition) is 0. The molecule has 27 heavy (non-hydrogen) atoms. The largest absolute Gasteiger partial charge is 2.00 e. The van der Waals surface area contributed by atoms with E-state index in [0.29, 0.717) is 0 Å². The molecule has 1 aliphatic rings.